The van der Waals surface area contributed by atoms with Crippen LogP contribution in [0, 0.1) is 12.3 Å². The number of aromatic nitrogens is 1. The van der Waals surface area contributed by atoms with Crippen LogP contribution in [0.25, 0.3) is 0 Å². The van der Waals surface area contributed by atoms with Crippen molar-refractivity contribution < 1.29 is 9.53 Å². The quantitative estimate of drug-likeness (QED) is 0.385. The maximum Gasteiger partial charge on any atom is 0.192 e. The first-order valence-electron chi connectivity index (χ1n) is 14.6. The molecule has 1 aromatic heterocycles. The van der Waals surface area contributed by atoms with E-state index >= 15 is 0 Å². The molecule has 1 saturated carbocycles. The molecule has 0 saturated heterocycles. The lowest BCUT2D eigenvalue weighted by Crippen LogP contribution is -2.44. The van der Waals surface area contributed by atoms with Crippen molar-refractivity contribution in [2.45, 2.75) is 136 Å². The van der Waals surface area contributed by atoms with Crippen LogP contribution >= 0.6 is 0 Å². The summed E-state index contributed by atoms with van der Waals surface area (Å²) in [6.07, 6.45) is 6.25. The Morgan fingerprint density at radius 3 is 2.16 bits per heavy atom. The largest absolute Gasteiger partial charge is 0.410 e. The summed E-state index contributed by atoms with van der Waals surface area (Å²) in [7, 11) is -2.03. The maximum absolute atomic E-state index is 12.0. The molecule has 0 spiro atoms. The van der Waals surface area contributed by atoms with Crippen LogP contribution in [0.3, 0.4) is 0 Å². The van der Waals surface area contributed by atoms with Crippen molar-refractivity contribution in [3.05, 3.63) is 63.5 Å². The van der Waals surface area contributed by atoms with Gasteiger partial charge in [0.05, 0.1) is 6.10 Å². The smallest absolute Gasteiger partial charge is 0.192 e. The van der Waals surface area contributed by atoms with Crippen LogP contribution in [0.2, 0.25) is 18.1 Å². The first kappa shape index (κ1) is 28.5. The molecule has 1 N–H and O–H groups in total. The minimum Gasteiger partial charge on any atom is -0.410 e. The minimum absolute atomic E-state index is 0.0351. The average molecular weight is 522 g/mol. The van der Waals surface area contributed by atoms with Gasteiger partial charge in [-0.25, -0.2) is 0 Å². The highest BCUT2D eigenvalue weighted by molar-refractivity contribution is 6.74. The average Bonchev–Trinajstić information content (AvgIpc) is 3.30. The lowest BCUT2D eigenvalue weighted by atomic mass is 9.70. The Kier molecular flexibility index (Phi) is 7.89. The van der Waals surface area contributed by atoms with Crippen LogP contribution in [0.1, 0.15) is 144 Å². The lowest BCUT2D eigenvalue weighted by molar-refractivity contribution is 0.104. The van der Waals surface area contributed by atoms with Gasteiger partial charge in [-0.05, 0) is 79.1 Å². The first-order chi connectivity index (χ1) is 17.1. The van der Waals surface area contributed by atoms with Gasteiger partial charge in [0.1, 0.15) is 6.10 Å². The number of aliphatic hydroxyl groups excluding tert-OH is 1. The van der Waals surface area contributed by atoms with Crippen LogP contribution in [-0.4, -0.2) is 18.4 Å². The summed E-state index contributed by atoms with van der Waals surface area (Å²) in [4.78, 5) is 5.42. The molecule has 2 aliphatic rings. The fraction of sp³-hybridized carbons (Fsp3) is 0.667. The zero-order valence-electron chi connectivity index (χ0n) is 25.2. The lowest BCUT2D eigenvalue weighted by Gasteiger charge is -2.45. The van der Waals surface area contributed by atoms with Crippen LogP contribution in [-0.2, 0) is 10.8 Å². The highest BCUT2D eigenvalue weighted by Crippen LogP contribution is 2.53. The molecule has 1 aromatic carbocycles. The van der Waals surface area contributed by atoms with Crippen LogP contribution < -0.4 is 0 Å². The number of benzene rings is 1. The van der Waals surface area contributed by atoms with Crippen LogP contribution in [0.5, 0.6) is 0 Å². The zero-order valence-corrected chi connectivity index (χ0v) is 26.2. The van der Waals surface area contributed by atoms with E-state index in [2.05, 4.69) is 92.7 Å². The Morgan fingerprint density at radius 2 is 1.62 bits per heavy atom. The third-order valence-corrected chi connectivity index (χ3v) is 13.8. The van der Waals surface area contributed by atoms with Gasteiger partial charge in [-0.3, -0.25) is 4.98 Å². The van der Waals surface area contributed by atoms with E-state index in [1.165, 1.54) is 48.1 Å². The molecular formula is C33H51NO2Si. The summed E-state index contributed by atoms with van der Waals surface area (Å²) in [5, 5.41) is 12.2. The van der Waals surface area contributed by atoms with E-state index in [1.807, 2.05) is 0 Å². The number of aryl methyl sites for hydroxylation is 1. The molecule has 0 radical (unpaired) electrons. The maximum atomic E-state index is 12.0. The van der Waals surface area contributed by atoms with Crippen molar-refractivity contribution in [1.82, 2.24) is 4.98 Å². The molecule has 2 aromatic rings. The summed E-state index contributed by atoms with van der Waals surface area (Å²) < 4.78 is 7.28. The molecule has 2 atom stereocenters. The molecular weight excluding hydrogens is 470 g/mol. The third kappa shape index (κ3) is 5.77. The van der Waals surface area contributed by atoms with Gasteiger partial charge in [-0.1, -0.05) is 91.1 Å². The SMILES string of the molecule is Cc1ccc([C@H](O)c2c(C(C)C)nc3c(c2C2CCCC2)[C@@H](O[Si](C)(C)C(C)(C)C)CC(C)(C)C3)cc1. The van der Waals surface area contributed by atoms with Gasteiger partial charge >= 0.3 is 0 Å². The van der Waals surface area contributed by atoms with E-state index in [-0.39, 0.29) is 22.5 Å². The Labute approximate surface area is 227 Å². The van der Waals surface area contributed by atoms with E-state index in [1.54, 1.807) is 0 Å². The number of nitrogens with zero attached hydrogens (tertiary/aromatic N) is 1. The van der Waals surface area contributed by atoms with Crippen molar-refractivity contribution in [1.29, 1.82) is 0 Å². The van der Waals surface area contributed by atoms with Gasteiger partial charge in [-0.2, -0.15) is 0 Å². The minimum atomic E-state index is -2.03. The second kappa shape index (κ2) is 10.2. The molecule has 1 fully saturated rings. The number of fused-ring (bicyclic) bond motifs is 1. The van der Waals surface area contributed by atoms with E-state index in [0.29, 0.717) is 5.92 Å². The molecule has 0 bridgehead atoms. The van der Waals surface area contributed by atoms with Gasteiger partial charge in [0.2, 0.25) is 0 Å². The van der Waals surface area contributed by atoms with E-state index in [9.17, 15) is 5.11 Å². The molecule has 0 amide bonds. The predicted molar refractivity (Wildman–Crippen MR) is 158 cm³/mol. The van der Waals surface area contributed by atoms with Gasteiger partial charge in [0.25, 0.3) is 0 Å². The van der Waals surface area contributed by atoms with Crippen molar-refractivity contribution in [3.8, 4) is 0 Å². The summed E-state index contributed by atoms with van der Waals surface area (Å²) in [5.74, 6) is 0.710. The number of rotatable bonds is 6. The van der Waals surface area contributed by atoms with E-state index < -0.39 is 14.4 Å². The Balaban J connectivity index is 1.99. The van der Waals surface area contributed by atoms with Gasteiger partial charge < -0.3 is 9.53 Å². The molecule has 0 unspecified atom stereocenters. The highest BCUT2D eigenvalue weighted by Gasteiger charge is 2.45. The van der Waals surface area contributed by atoms with Crippen molar-refractivity contribution >= 4 is 8.32 Å². The summed E-state index contributed by atoms with van der Waals surface area (Å²) in [5.41, 5.74) is 8.41. The van der Waals surface area contributed by atoms with E-state index in [0.717, 1.165) is 29.7 Å². The number of pyridine rings is 1. The predicted octanol–water partition coefficient (Wildman–Crippen LogP) is 9.29. The second-order valence-electron chi connectivity index (χ2n) is 14.5. The highest BCUT2D eigenvalue weighted by atomic mass is 28.4. The van der Waals surface area contributed by atoms with Crippen molar-refractivity contribution in [2.24, 2.45) is 5.41 Å². The molecule has 37 heavy (non-hydrogen) atoms. The normalized spacial score (nSPS) is 21.4. The molecule has 3 nitrogen and oxygen atoms in total. The Morgan fingerprint density at radius 1 is 1.03 bits per heavy atom. The molecule has 4 heteroatoms. The zero-order chi connectivity index (χ0) is 27.3. The molecule has 0 aliphatic heterocycles. The summed E-state index contributed by atoms with van der Waals surface area (Å²) in [6, 6.07) is 8.41. The number of aliphatic hydroxyl groups is 1. The van der Waals surface area contributed by atoms with Crippen LogP contribution in [0.4, 0.5) is 0 Å². The number of hydrogen-bond donors (Lipinski definition) is 1. The first-order valence-corrected chi connectivity index (χ1v) is 17.5. The topological polar surface area (TPSA) is 42.4 Å². The fourth-order valence-corrected chi connectivity index (χ4v) is 7.52. The summed E-state index contributed by atoms with van der Waals surface area (Å²) >= 11 is 0. The fourth-order valence-electron chi connectivity index (χ4n) is 6.26. The standard InChI is InChI=1S/C33H51NO2Si/c1-21(2)30-29(31(35)24-17-15-22(3)16-18-24)27(23-13-11-12-14-23)28-25(34-30)19-33(7,8)20-26(28)36-37(9,10)32(4,5)6/h15-18,21,23,26,31,35H,11-14,19-20H2,1-10H3/t26-,31-/m0/s1. The molecule has 2 aliphatic carbocycles. The van der Waals surface area contributed by atoms with Gasteiger partial charge in [0, 0.05) is 22.5 Å². The molecule has 1 heterocycles. The third-order valence-electron chi connectivity index (χ3n) is 9.35. The summed E-state index contributed by atoms with van der Waals surface area (Å²) in [6.45, 7) is 23.1. The Bertz CT molecular complexity index is 1100. The second-order valence-corrected chi connectivity index (χ2v) is 19.3. The Hall–Kier alpha value is -1.49. The van der Waals surface area contributed by atoms with Crippen LogP contribution in [0.15, 0.2) is 24.3 Å². The van der Waals surface area contributed by atoms with Gasteiger partial charge in [-0.15, -0.1) is 0 Å². The van der Waals surface area contributed by atoms with Crippen molar-refractivity contribution in [2.75, 3.05) is 0 Å². The van der Waals surface area contributed by atoms with E-state index in [4.69, 9.17) is 9.41 Å². The van der Waals surface area contributed by atoms with Crippen molar-refractivity contribution in [3.63, 3.8) is 0 Å². The van der Waals surface area contributed by atoms with Gasteiger partial charge in [0.15, 0.2) is 8.32 Å². The number of hydrogen-bond acceptors (Lipinski definition) is 3. The molecule has 4 rings (SSSR count). The molecule has 204 valence electrons. The monoisotopic (exact) mass is 521 g/mol.